The summed E-state index contributed by atoms with van der Waals surface area (Å²) in [6.07, 6.45) is 0. The summed E-state index contributed by atoms with van der Waals surface area (Å²) in [6.45, 7) is 4.04. The predicted octanol–water partition coefficient (Wildman–Crippen LogP) is 2.59. The summed E-state index contributed by atoms with van der Waals surface area (Å²) in [6, 6.07) is 14.4. The topological polar surface area (TPSA) is 61.8 Å². The molecule has 0 bridgehead atoms. The molecule has 1 saturated heterocycles. The SMILES string of the molecule is O=C(O)c1ccc(Oc2ccc(N3CCNCC3)cc2)cc1. The van der Waals surface area contributed by atoms with Crippen LogP contribution >= 0.6 is 0 Å². The van der Waals surface area contributed by atoms with Gasteiger partial charge in [0.15, 0.2) is 0 Å². The first-order valence-corrected chi connectivity index (χ1v) is 7.29. The number of rotatable bonds is 4. The molecule has 0 radical (unpaired) electrons. The number of ether oxygens (including phenoxy) is 1. The molecule has 2 N–H and O–H groups in total. The second-order valence-electron chi connectivity index (χ2n) is 5.16. The van der Waals surface area contributed by atoms with Crippen LogP contribution in [-0.4, -0.2) is 37.3 Å². The molecule has 3 rings (SSSR count). The molecule has 2 aromatic rings. The van der Waals surface area contributed by atoms with Crippen molar-refractivity contribution in [2.75, 3.05) is 31.1 Å². The van der Waals surface area contributed by atoms with Crippen molar-refractivity contribution in [2.45, 2.75) is 0 Å². The molecule has 0 aliphatic carbocycles. The molecule has 0 aromatic heterocycles. The van der Waals surface area contributed by atoms with Crippen LogP contribution in [0.25, 0.3) is 0 Å². The van der Waals surface area contributed by atoms with Gasteiger partial charge in [-0.2, -0.15) is 0 Å². The minimum Gasteiger partial charge on any atom is -0.478 e. The van der Waals surface area contributed by atoms with Crippen molar-refractivity contribution in [3.8, 4) is 11.5 Å². The van der Waals surface area contributed by atoms with Gasteiger partial charge < -0.3 is 20.1 Å². The number of benzene rings is 2. The van der Waals surface area contributed by atoms with Crippen LogP contribution in [-0.2, 0) is 0 Å². The molecule has 5 nitrogen and oxygen atoms in total. The van der Waals surface area contributed by atoms with Gasteiger partial charge in [0, 0.05) is 31.9 Å². The van der Waals surface area contributed by atoms with E-state index in [9.17, 15) is 4.79 Å². The largest absolute Gasteiger partial charge is 0.478 e. The van der Waals surface area contributed by atoms with Crippen molar-refractivity contribution < 1.29 is 14.6 Å². The lowest BCUT2D eigenvalue weighted by molar-refractivity contribution is 0.0697. The van der Waals surface area contributed by atoms with E-state index in [0.717, 1.165) is 31.9 Å². The summed E-state index contributed by atoms with van der Waals surface area (Å²) >= 11 is 0. The fourth-order valence-electron chi connectivity index (χ4n) is 2.45. The van der Waals surface area contributed by atoms with E-state index in [2.05, 4.69) is 10.2 Å². The van der Waals surface area contributed by atoms with Gasteiger partial charge in [0.1, 0.15) is 11.5 Å². The first-order valence-electron chi connectivity index (χ1n) is 7.29. The summed E-state index contributed by atoms with van der Waals surface area (Å²) in [7, 11) is 0. The highest BCUT2D eigenvalue weighted by atomic mass is 16.5. The second-order valence-corrected chi connectivity index (χ2v) is 5.16. The van der Waals surface area contributed by atoms with Gasteiger partial charge in [-0.25, -0.2) is 4.79 Å². The Kier molecular flexibility index (Phi) is 4.25. The summed E-state index contributed by atoms with van der Waals surface area (Å²) in [5.41, 5.74) is 1.44. The van der Waals surface area contributed by atoms with Crippen molar-refractivity contribution in [1.82, 2.24) is 5.32 Å². The van der Waals surface area contributed by atoms with Crippen LogP contribution in [0.1, 0.15) is 10.4 Å². The van der Waals surface area contributed by atoms with Crippen LogP contribution in [0.4, 0.5) is 5.69 Å². The normalized spacial score (nSPS) is 14.6. The molecular weight excluding hydrogens is 280 g/mol. The number of aromatic carboxylic acids is 1. The van der Waals surface area contributed by atoms with Gasteiger partial charge in [-0.05, 0) is 48.5 Å². The summed E-state index contributed by atoms with van der Waals surface area (Å²) < 4.78 is 5.73. The first-order chi connectivity index (χ1) is 10.7. The molecule has 1 aliphatic heterocycles. The van der Waals surface area contributed by atoms with E-state index in [4.69, 9.17) is 9.84 Å². The maximum absolute atomic E-state index is 10.8. The standard InChI is InChI=1S/C17H18N2O3/c20-17(21)13-1-5-15(6-2-13)22-16-7-3-14(4-8-16)19-11-9-18-10-12-19/h1-8,18H,9-12H2,(H,20,21). The average Bonchev–Trinajstić information content (AvgIpc) is 2.57. The number of hydrogen-bond donors (Lipinski definition) is 2. The van der Waals surface area contributed by atoms with Crippen LogP contribution in [0.3, 0.4) is 0 Å². The molecule has 0 spiro atoms. The van der Waals surface area contributed by atoms with Crippen molar-refractivity contribution in [3.05, 3.63) is 54.1 Å². The minimum atomic E-state index is -0.938. The molecular formula is C17H18N2O3. The molecule has 0 saturated carbocycles. The first kappa shape index (κ1) is 14.4. The Morgan fingerprint density at radius 1 is 0.955 bits per heavy atom. The fourth-order valence-corrected chi connectivity index (χ4v) is 2.45. The van der Waals surface area contributed by atoms with Gasteiger partial charge in [-0.1, -0.05) is 0 Å². The van der Waals surface area contributed by atoms with Gasteiger partial charge in [0.2, 0.25) is 0 Å². The number of nitrogens with one attached hydrogen (secondary N) is 1. The maximum Gasteiger partial charge on any atom is 0.335 e. The molecule has 1 fully saturated rings. The Bertz CT molecular complexity index is 632. The minimum absolute atomic E-state index is 0.251. The van der Waals surface area contributed by atoms with Crippen molar-refractivity contribution >= 4 is 11.7 Å². The lowest BCUT2D eigenvalue weighted by Gasteiger charge is -2.29. The number of carboxylic acid groups (broad SMARTS) is 1. The molecule has 2 aromatic carbocycles. The van der Waals surface area contributed by atoms with Crippen LogP contribution in [0.2, 0.25) is 0 Å². The molecule has 114 valence electrons. The Morgan fingerprint density at radius 2 is 1.50 bits per heavy atom. The van der Waals surface area contributed by atoms with Gasteiger partial charge in [-0.3, -0.25) is 0 Å². The van der Waals surface area contributed by atoms with Gasteiger partial charge >= 0.3 is 5.97 Å². The number of hydrogen-bond acceptors (Lipinski definition) is 4. The number of carbonyl (C=O) groups is 1. The molecule has 1 heterocycles. The third-order valence-corrected chi connectivity index (χ3v) is 3.66. The zero-order valence-electron chi connectivity index (χ0n) is 12.2. The lowest BCUT2D eigenvalue weighted by atomic mass is 10.2. The highest BCUT2D eigenvalue weighted by Crippen LogP contribution is 2.25. The van der Waals surface area contributed by atoms with Gasteiger partial charge in [-0.15, -0.1) is 0 Å². The number of carboxylic acids is 1. The third kappa shape index (κ3) is 3.38. The molecule has 1 aliphatic rings. The Hall–Kier alpha value is -2.53. The zero-order chi connectivity index (χ0) is 15.4. The lowest BCUT2D eigenvalue weighted by Crippen LogP contribution is -2.43. The Labute approximate surface area is 129 Å². The smallest absolute Gasteiger partial charge is 0.335 e. The van der Waals surface area contributed by atoms with E-state index in [1.807, 2.05) is 24.3 Å². The maximum atomic E-state index is 10.8. The second kappa shape index (κ2) is 6.49. The van der Waals surface area contributed by atoms with E-state index in [0.29, 0.717) is 5.75 Å². The van der Waals surface area contributed by atoms with E-state index < -0.39 is 5.97 Å². The Morgan fingerprint density at radius 3 is 2.05 bits per heavy atom. The van der Waals surface area contributed by atoms with E-state index in [1.54, 1.807) is 12.1 Å². The number of piperazine rings is 1. The van der Waals surface area contributed by atoms with Crippen molar-refractivity contribution in [3.63, 3.8) is 0 Å². The molecule has 0 unspecified atom stereocenters. The summed E-state index contributed by atoms with van der Waals surface area (Å²) in [4.78, 5) is 13.1. The van der Waals surface area contributed by atoms with E-state index >= 15 is 0 Å². The van der Waals surface area contributed by atoms with E-state index in [-0.39, 0.29) is 5.56 Å². The number of anilines is 1. The monoisotopic (exact) mass is 298 g/mol. The van der Waals surface area contributed by atoms with Crippen LogP contribution < -0.4 is 15.0 Å². The number of nitrogens with zero attached hydrogens (tertiary/aromatic N) is 1. The summed E-state index contributed by atoms with van der Waals surface area (Å²) in [5, 5.41) is 12.2. The highest BCUT2D eigenvalue weighted by molar-refractivity contribution is 5.87. The highest BCUT2D eigenvalue weighted by Gasteiger charge is 2.10. The van der Waals surface area contributed by atoms with Crippen molar-refractivity contribution in [2.24, 2.45) is 0 Å². The summed E-state index contributed by atoms with van der Waals surface area (Å²) in [5.74, 6) is 0.425. The van der Waals surface area contributed by atoms with Crippen LogP contribution in [0.15, 0.2) is 48.5 Å². The quantitative estimate of drug-likeness (QED) is 0.908. The average molecular weight is 298 g/mol. The van der Waals surface area contributed by atoms with Gasteiger partial charge in [0.05, 0.1) is 5.56 Å². The Balaban J connectivity index is 1.66. The van der Waals surface area contributed by atoms with Crippen LogP contribution in [0, 0.1) is 0 Å². The van der Waals surface area contributed by atoms with Crippen LogP contribution in [0.5, 0.6) is 11.5 Å². The predicted molar refractivity (Wildman–Crippen MR) is 85.0 cm³/mol. The zero-order valence-corrected chi connectivity index (χ0v) is 12.2. The molecule has 0 amide bonds. The van der Waals surface area contributed by atoms with Gasteiger partial charge in [0.25, 0.3) is 0 Å². The molecule has 5 heteroatoms. The molecule has 0 atom stereocenters. The molecule has 22 heavy (non-hydrogen) atoms. The fraction of sp³-hybridized carbons (Fsp3) is 0.235. The third-order valence-electron chi connectivity index (χ3n) is 3.66. The van der Waals surface area contributed by atoms with E-state index in [1.165, 1.54) is 17.8 Å². The van der Waals surface area contributed by atoms with Crippen molar-refractivity contribution in [1.29, 1.82) is 0 Å².